The zero-order valence-electron chi connectivity index (χ0n) is 15.5. The number of hydrogen-bond donors (Lipinski definition) is 3. The number of carbonyl (C=O) groups is 2. The van der Waals surface area contributed by atoms with Crippen LogP contribution < -0.4 is 10.6 Å². The Morgan fingerprint density at radius 2 is 2.07 bits per heavy atom. The van der Waals surface area contributed by atoms with E-state index in [0.29, 0.717) is 10.7 Å². The highest BCUT2D eigenvalue weighted by Gasteiger charge is 2.11. The minimum atomic E-state index is -0.334. The molecule has 3 N–H and O–H groups in total. The Bertz CT molecular complexity index is 1150. The van der Waals surface area contributed by atoms with Gasteiger partial charge in [-0.25, -0.2) is 4.98 Å². The number of aryl methyl sites for hydroxylation is 1. The zero-order chi connectivity index (χ0) is 20.2. The van der Waals surface area contributed by atoms with Crippen molar-refractivity contribution in [3.05, 3.63) is 66.1 Å². The number of rotatable bonds is 6. The van der Waals surface area contributed by atoms with Crippen LogP contribution in [0.5, 0.6) is 0 Å². The molecule has 4 rings (SSSR count). The van der Waals surface area contributed by atoms with Gasteiger partial charge in [-0.05, 0) is 17.7 Å². The Hall–Kier alpha value is -3.72. The predicted molar refractivity (Wildman–Crippen MR) is 112 cm³/mol. The first-order valence-electron chi connectivity index (χ1n) is 8.84. The Labute approximate surface area is 170 Å². The van der Waals surface area contributed by atoms with E-state index >= 15 is 0 Å². The summed E-state index contributed by atoms with van der Waals surface area (Å²) in [6.07, 6.45) is 6.98. The van der Waals surface area contributed by atoms with Crippen LogP contribution in [-0.2, 0) is 11.8 Å². The Kier molecular flexibility index (Phi) is 5.21. The molecule has 3 heterocycles. The fourth-order valence-corrected chi connectivity index (χ4v) is 3.52. The third-order valence-corrected chi connectivity index (χ3v) is 4.97. The minimum Gasteiger partial charge on any atom is -0.367 e. The van der Waals surface area contributed by atoms with Gasteiger partial charge in [-0.2, -0.15) is 5.10 Å². The topological polar surface area (TPSA) is 105 Å². The number of thiazole rings is 1. The molecule has 1 aromatic carbocycles. The average Bonchev–Trinajstić information content (AvgIpc) is 3.48. The molecule has 29 heavy (non-hydrogen) atoms. The van der Waals surface area contributed by atoms with Crippen molar-refractivity contribution in [1.82, 2.24) is 25.1 Å². The van der Waals surface area contributed by atoms with E-state index < -0.39 is 0 Å². The van der Waals surface area contributed by atoms with E-state index in [1.54, 1.807) is 23.1 Å². The minimum absolute atomic E-state index is 0.130. The fraction of sp³-hybridized carbons (Fsp3) is 0.100. The van der Waals surface area contributed by atoms with Crippen molar-refractivity contribution in [2.45, 2.75) is 0 Å². The van der Waals surface area contributed by atoms with Crippen molar-refractivity contribution in [3.8, 4) is 22.4 Å². The number of nitrogens with zero attached hydrogens (tertiary/aromatic N) is 3. The van der Waals surface area contributed by atoms with E-state index in [1.807, 2.05) is 49.1 Å². The number of amides is 2. The summed E-state index contributed by atoms with van der Waals surface area (Å²) in [5.74, 6) is -0.646. The summed E-state index contributed by atoms with van der Waals surface area (Å²) in [7, 11) is 1.88. The van der Waals surface area contributed by atoms with E-state index in [2.05, 4.69) is 25.7 Å². The lowest BCUT2D eigenvalue weighted by atomic mass is 10.1. The average molecular weight is 406 g/mol. The quantitative estimate of drug-likeness (QED) is 0.458. The summed E-state index contributed by atoms with van der Waals surface area (Å²) >= 11 is 1.33. The summed E-state index contributed by atoms with van der Waals surface area (Å²) in [6, 6.07) is 9.63. The number of anilines is 1. The number of aromatic amines is 1. The van der Waals surface area contributed by atoms with Crippen LogP contribution in [0.3, 0.4) is 0 Å². The Morgan fingerprint density at radius 3 is 2.83 bits per heavy atom. The molecule has 3 aromatic heterocycles. The molecule has 8 nitrogen and oxygen atoms in total. The van der Waals surface area contributed by atoms with Crippen molar-refractivity contribution in [1.29, 1.82) is 0 Å². The van der Waals surface area contributed by atoms with Gasteiger partial charge >= 0.3 is 0 Å². The molecular weight excluding hydrogens is 388 g/mol. The summed E-state index contributed by atoms with van der Waals surface area (Å²) in [4.78, 5) is 31.3. The summed E-state index contributed by atoms with van der Waals surface area (Å²) < 4.78 is 1.76. The predicted octanol–water partition coefficient (Wildman–Crippen LogP) is 2.91. The standard InChI is InChI=1S/C20H18N6O2S/c1-26-11-16(9-23-26)13-3-2-4-14(7-13)17-12-29-20(24-17)25-18(27)10-22-19(28)15-5-6-21-8-15/h2-9,11-12,21H,10H2,1H3,(H,22,28)(H,24,25,27). The molecule has 2 amide bonds. The van der Waals surface area contributed by atoms with Crippen molar-refractivity contribution in [2.24, 2.45) is 7.05 Å². The van der Waals surface area contributed by atoms with Gasteiger partial charge in [-0.15, -0.1) is 11.3 Å². The molecule has 0 bridgehead atoms. The number of hydrogen-bond acceptors (Lipinski definition) is 5. The van der Waals surface area contributed by atoms with E-state index in [1.165, 1.54) is 11.3 Å². The first-order valence-corrected chi connectivity index (χ1v) is 9.72. The van der Waals surface area contributed by atoms with Gasteiger partial charge in [-0.1, -0.05) is 18.2 Å². The van der Waals surface area contributed by atoms with E-state index in [0.717, 1.165) is 22.4 Å². The molecule has 4 aromatic rings. The number of H-pyrrole nitrogens is 1. The van der Waals surface area contributed by atoms with Crippen molar-refractivity contribution < 1.29 is 9.59 Å². The fourth-order valence-electron chi connectivity index (χ4n) is 2.78. The van der Waals surface area contributed by atoms with Gasteiger partial charge in [0.2, 0.25) is 5.91 Å². The van der Waals surface area contributed by atoms with Crippen LogP contribution in [0.1, 0.15) is 10.4 Å². The molecule has 0 unspecified atom stereocenters. The van der Waals surface area contributed by atoms with Gasteiger partial charge in [0, 0.05) is 42.1 Å². The number of aromatic nitrogens is 4. The lowest BCUT2D eigenvalue weighted by Gasteiger charge is -2.04. The summed E-state index contributed by atoms with van der Waals surface area (Å²) in [5.41, 5.74) is 4.26. The highest BCUT2D eigenvalue weighted by molar-refractivity contribution is 7.14. The van der Waals surface area contributed by atoms with Gasteiger partial charge < -0.3 is 15.6 Å². The van der Waals surface area contributed by atoms with E-state index in [4.69, 9.17) is 0 Å². The van der Waals surface area contributed by atoms with Crippen LogP contribution in [0, 0.1) is 0 Å². The third kappa shape index (κ3) is 4.41. The molecule has 0 saturated heterocycles. The van der Waals surface area contributed by atoms with Crippen LogP contribution in [0.15, 0.2) is 60.5 Å². The lowest BCUT2D eigenvalue weighted by molar-refractivity contribution is -0.115. The zero-order valence-corrected chi connectivity index (χ0v) is 16.4. The lowest BCUT2D eigenvalue weighted by Crippen LogP contribution is -2.32. The maximum Gasteiger partial charge on any atom is 0.253 e. The number of benzene rings is 1. The monoisotopic (exact) mass is 406 g/mol. The van der Waals surface area contributed by atoms with Crippen LogP contribution in [-0.4, -0.2) is 38.1 Å². The first-order chi connectivity index (χ1) is 14.1. The van der Waals surface area contributed by atoms with Gasteiger partial charge in [0.15, 0.2) is 5.13 Å². The smallest absolute Gasteiger partial charge is 0.253 e. The van der Waals surface area contributed by atoms with Crippen LogP contribution >= 0.6 is 11.3 Å². The molecule has 0 radical (unpaired) electrons. The maximum absolute atomic E-state index is 12.1. The maximum atomic E-state index is 12.1. The van der Waals surface area contributed by atoms with Crippen LogP contribution in [0.4, 0.5) is 5.13 Å². The van der Waals surface area contributed by atoms with Crippen LogP contribution in [0.25, 0.3) is 22.4 Å². The second-order valence-corrected chi connectivity index (χ2v) is 7.21. The Balaban J connectivity index is 1.39. The van der Waals surface area contributed by atoms with Crippen molar-refractivity contribution >= 4 is 28.3 Å². The molecule has 146 valence electrons. The van der Waals surface area contributed by atoms with Crippen LogP contribution in [0.2, 0.25) is 0 Å². The molecule has 0 aliphatic carbocycles. The van der Waals surface area contributed by atoms with Crippen molar-refractivity contribution in [3.63, 3.8) is 0 Å². The van der Waals surface area contributed by atoms with Gasteiger partial charge in [0.1, 0.15) is 0 Å². The van der Waals surface area contributed by atoms with E-state index in [9.17, 15) is 9.59 Å². The molecule has 0 fully saturated rings. The van der Waals surface area contributed by atoms with Crippen molar-refractivity contribution in [2.75, 3.05) is 11.9 Å². The molecular formula is C20H18N6O2S. The largest absolute Gasteiger partial charge is 0.367 e. The molecule has 9 heteroatoms. The molecule has 0 atom stereocenters. The number of carbonyl (C=O) groups excluding carboxylic acids is 2. The SMILES string of the molecule is Cn1cc(-c2cccc(-c3csc(NC(=O)CNC(=O)c4cc[nH]c4)n3)c2)cn1. The number of nitrogens with one attached hydrogen (secondary N) is 3. The molecule has 0 spiro atoms. The molecule has 0 aliphatic rings. The molecule has 0 saturated carbocycles. The normalized spacial score (nSPS) is 10.7. The van der Waals surface area contributed by atoms with E-state index in [-0.39, 0.29) is 18.4 Å². The van der Waals surface area contributed by atoms with Gasteiger partial charge in [0.05, 0.1) is 24.0 Å². The van der Waals surface area contributed by atoms with Gasteiger partial charge in [-0.3, -0.25) is 14.3 Å². The summed E-state index contributed by atoms with van der Waals surface area (Å²) in [6.45, 7) is -0.130. The highest BCUT2D eigenvalue weighted by atomic mass is 32.1. The summed E-state index contributed by atoms with van der Waals surface area (Å²) in [5, 5.41) is 11.9. The molecule has 0 aliphatic heterocycles. The highest BCUT2D eigenvalue weighted by Crippen LogP contribution is 2.28. The second kappa shape index (κ2) is 8.11. The van der Waals surface area contributed by atoms with Gasteiger partial charge in [0.25, 0.3) is 5.91 Å². The third-order valence-electron chi connectivity index (χ3n) is 4.22. The first kappa shape index (κ1) is 18.6. The second-order valence-electron chi connectivity index (χ2n) is 6.35. The Morgan fingerprint density at radius 1 is 1.21 bits per heavy atom.